The van der Waals surface area contributed by atoms with Crippen LogP contribution in [-0.2, 0) is 14.0 Å². The molecule has 0 bridgehead atoms. The number of methoxy groups -OCH3 is 1. The molecular weight excluding hydrogens is 421 g/mol. The number of fused-ring (bicyclic) bond motifs is 1. The lowest BCUT2D eigenvalue weighted by atomic mass is 9.78. The van der Waals surface area contributed by atoms with E-state index in [2.05, 4.69) is 12.3 Å². The lowest BCUT2D eigenvalue weighted by Gasteiger charge is -2.33. The summed E-state index contributed by atoms with van der Waals surface area (Å²) < 4.78 is 25.7. The van der Waals surface area contributed by atoms with Crippen molar-refractivity contribution in [1.29, 1.82) is 0 Å². The van der Waals surface area contributed by atoms with Crippen LogP contribution < -0.4 is 10.2 Å². The Kier molecular flexibility index (Phi) is 5.94. The fourth-order valence-electron chi connectivity index (χ4n) is 4.25. The number of likely N-dealkylation sites (tertiary alicyclic amines) is 1. The van der Waals surface area contributed by atoms with E-state index in [0.717, 1.165) is 29.2 Å². The second-order valence-electron chi connectivity index (χ2n) is 11.0. The summed E-state index contributed by atoms with van der Waals surface area (Å²) in [7, 11) is 1.15. The van der Waals surface area contributed by atoms with E-state index in [1.54, 1.807) is 12.0 Å². The van der Waals surface area contributed by atoms with Crippen molar-refractivity contribution in [2.24, 2.45) is 0 Å². The van der Waals surface area contributed by atoms with Crippen molar-refractivity contribution in [2.75, 3.05) is 20.2 Å². The van der Waals surface area contributed by atoms with Gasteiger partial charge in [0.25, 0.3) is 0 Å². The normalized spacial score (nSPS) is 21.0. The zero-order valence-corrected chi connectivity index (χ0v) is 21.1. The maximum atomic E-state index is 12.4. The van der Waals surface area contributed by atoms with E-state index in [9.17, 15) is 4.79 Å². The van der Waals surface area contributed by atoms with Gasteiger partial charge in [0.2, 0.25) is 0 Å². The molecule has 33 heavy (non-hydrogen) atoms. The molecule has 1 amide bonds. The topological polar surface area (TPSA) is 75.1 Å². The SMILES string of the molecule is COc1cc2nn(C3CCN(C(=O)OC(C)(C)C)CC3)cc2cc1B1OC(C)(C)C(C)(C)O1. The van der Waals surface area contributed by atoms with Crippen LogP contribution in [0.15, 0.2) is 18.3 Å². The number of aromatic nitrogens is 2. The lowest BCUT2D eigenvalue weighted by Crippen LogP contribution is -2.42. The van der Waals surface area contributed by atoms with Crippen molar-refractivity contribution in [1.82, 2.24) is 14.7 Å². The highest BCUT2D eigenvalue weighted by molar-refractivity contribution is 6.63. The van der Waals surface area contributed by atoms with Crippen LogP contribution in [0.4, 0.5) is 4.79 Å². The van der Waals surface area contributed by atoms with E-state index in [-0.39, 0.29) is 12.1 Å². The molecule has 0 atom stereocenters. The predicted molar refractivity (Wildman–Crippen MR) is 128 cm³/mol. The minimum Gasteiger partial charge on any atom is -0.497 e. The van der Waals surface area contributed by atoms with Gasteiger partial charge in [-0.2, -0.15) is 5.10 Å². The van der Waals surface area contributed by atoms with Crippen molar-refractivity contribution in [2.45, 2.75) is 84.2 Å². The molecule has 2 fully saturated rings. The summed E-state index contributed by atoms with van der Waals surface area (Å²) in [4.78, 5) is 14.1. The van der Waals surface area contributed by atoms with Crippen LogP contribution in [0, 0.1) is 0 Å². The molecule has 2 saturated heterocycles. The minimum absolute atomic E-state index is 0.224. The number of amides is 1. The Labute approximate surface area is 196 Å². The molecule has 3 heterocycles. The van der Waals surface area contributed by atoms with Crippen molar-refractivity contribution < 1.29 is 23.6 Å². The molecule has 2 aliphatic heterocycles. The van der Waals surface area contributed by atoms with Gasteiger partial charge >= 0.3 is 13.2 Å². The zero-order valence-electron chi connectivity index (χ0n) is 21.1. The Bertz CT molecular complexity index is 1020. The number of carbonyl (C=O) groups excluding carboxylic acids is 1. The van der Waals surface area contributed by atoms with E-state index < -0.39 is 23.9 Å². The van der Waals surface area contributed by atoms with Gasteiger partial charge in [0.15, 0.2) is 0 Å². The fourth-order valence-corrected chi connectivity index (χ4v) is 4.25. The number of piperidine rings is 1. The molecule has 0 N–H and O–H groups in total. The van der Waals surface area contributed by atoms with Crippen LogP contribution in [0.25, 0.3) is 10.9 Å². The first-order chi connectivity index (χ1) is 15.3. The highest BCUT2D eigenvalue weighted by Crippen LogP contribution is 2.37. The van der Waals surface area contributed by atoms with E-state index in [0.29, 0.717) is 18.8 Å². The van der Waals surface area contributed by atoms with E-state index in [1.165, 1.54) is 0 Å². The average molecular weight is 457 g/mol. The van der Waals surface area contributed by atoms with E-state index in [1.807, 2.05) is 59.2 Å². The third kappa shape index (κ3) is 4.71. The van der Waals surface area contributed by atoms with Crippen LogP contribution in [0.3, 0.4) is 0 Å². The molecule has 1 aromatic heterocycles. The van der Waals surface area contributed by atoms with Gasteiger partial charge in [0.1, 0.15) is 11.4 Å². The Hall–Kier alpha value is -2.26. The molecule has 1 aromatic carbocycles. The first-order valence-corrected chi connectivity index (χ1v) is 11.7. The van der Waals surface area contributed by atoms with Crippen molar-refractivity contribution in [3.8, 4) is 5.75 Å². The third-order valence-corrected chi connectivity index (χ3v) is 6.87. The number of carbonyl (C=O) groups is 1. The monoisotopic (exact) mass is 457 g/mol. The second-order valence-corrected chi connectivity index (χ2v) is 11.0. The number of hydrogen-bond donors (Lipinski definition) is 0. The summed E-state index contributed by atoms with van der Waals surface area (Å²) in [6.45, 7) is 15.1. The molecule has 0 saturated carbocycles. The molecular formula is C24H36BN3O5. The molecule has 180 valence electrons. The van der Waals surface area contributed by atoms with Crippen molar-refractivity contribution >= 4 is 29.6 Å². The molecule has 2 aliphatic rings. The highest BCUT2D eigenvalue weighted by Gasteiger charge is 2.52. The molecule has 0 spiro atoms. The van der Waals surface area contributed by atoms with Crippen LogP contribution in [-0.4, -0.2) is 64.9 Å². The van der Waals surface area contributed by atoms with Gasteiger partial charge in [-0.25, -0.2) is 4.79 Å². The van der Waals surface area contributed by atoms with Crippen LogP contribution in [0.5, 0.6) is 5.75 Å². The largest absolute Gasteiger partial charge is 0.498 e. The number of nitrogens with zero attached hydrogens (tertiary/aromatic N) is 3. The van der Waals surface area contributed by atoms with Gasteiger partial charge in [-0.15, -0.1) is 0 Å². The molecule has 0 unspecified atom stereocenters. The maximum absolute atomic E-state index is 12.4. The standard InChI is InChI=1S/C24H36BN3O5/c1-22(2,3)31-21(29)27-11-9-17(10-12-27)28-15-16-13-18(20(30-8)14-19(16)26-28)25-32-23(4,5)24(6,7)33-25/h13-15,17H,9-12H2,1-8H3. The Morgan fingerprint density at radius 1 is 1.12 bits per heavy atom. The smallest absolute Gasteiger partial charge is 0.497 e. The molecule has 9 heteroatoms. The van der Waals surface area contributed by atoms with Gasteiger partial charge in [0.05, 0.1) is 29.9 Å². The average Bonchev–Trinajstić information content (AvgIpc) is 3.22. The Morgan fingerprint density at radius 2 is 1.73 bits per heavy atom. The van der Waals surface area contributed by atoms with Crippen LogP contribution in [0.1, 0.15) is 67.3 Å². The number of benzene rings is 1. The lowest BCUT2D eigenvalue weighted by molar-refractivity contribution is 0.00578. The third-order valence-electron chi connectivity index (χ3n) is 6.87. The molecule has 2 aromatic rings. The summed E-state index contributed by atoms with van der Waals surface area (Å²) in [5.41, 5.74) is 0.389. The summed E-state index contributed by atoms with van der Waals surface area (Å²) >= 11 is 0. The van der Waals surface area contributed by atoms with Gasteiger partial charge < -0.3 is 23.7 Å². The number of ether oxygens (including phenoxy) is 2. The predicted octanol–water partition coefficient (Wildman–Crippen LogP) is 3.92. The van der Waals surface area contributed by atoms with Gasteiger partial charge in [0, 0.05) is 36.2 Å². The summed E-state index contributed by atoms with van der Waals surface area (Å²) in [5, 5.41) is 5.83. The first kappa shape index (κ1) is 23.9. The van der Waals surface area contributed by atoms with Gasteiger partial charge in [-0.05, 0) is 67.4 Å². The highest BCUT2D eigenvalue weighted by atomic mass is 16.7. The summed E-state index contributed by atoms with van der Waals surface area (Å²) in [5.74, 6) is 0.700. The Morgan fingerprint density at radius 3 is 2.27 bits per heavy atom. The molecule has 0 aliphatic carbocycles. The van der Waals surface area contributed by atoms with Crippen molar-refractivity contribution in [3.63, 3.8) is 0 Å². The quantitative estimate of drug-likeness (QED) is 0.651. The van der Waals surface area contributed by atoms with Crippen molar-refractivity contribution in [3.05, 3.63) is 18.3 Å². The van der Waals surface area contributed by atoms with E-state index >= 15 is 0 Å². The second kappa shape index (κ2) is 8.20. The number of rotatable bonds is 3. The molecule has 8 nitrogen and oxygen atoms in total. The molecule has 0 radical (unpaired) electrons. The summed E-state index contributed by atoms with van der Waals surface area (Å²) in [6, 6.07) is 4.22. The van der Waals surface area contributed by atoms with Crippen LogP contribution >= 0.6 is 0 Å². The summed E-state index contributed by atoms with van der Waals surface area (Å²) in [6.07, 6.45) is 3.48. The number of hydrogen-bond acceptors (Lipinski definition) is 6. The van der Waals surface area contributed by atoms with Gasteiger partial charge in [-0.3, -0.25) is 4.68 Å². The maximum Gasteiger partial charge on any atom is 0.498 e. The van der Waals surface area contributed by atoms with Crippen LogP contribution in [0.2, 0.25) is 0 Å². The minimum atomic E-state index is -0.505. The molecule has 4 rings (SSSR count). The first-order valence-electron chi connectivity index (χ1n) is 11.7. The zero-order chi connectivity index (χ0) is 24.2. The fraction of sp³-hybridized carbons (Fsp3) is 0.667. The van der Waals surface area contributed by atoms with Gasteiger partial charge in [-0.1, -0.05) is 0 Å². The van der Waals surface area contributed by atoms with E-state index in [4.69, 9.17) is 23.9 Å². The Balaban J connectivity index is 1.52.